The van der Waals surface area contributed by atoms with Crippen LogP contribution < -0.4 is 15.4 Å². The number of aliphatic imine (C=N–C) groups is 1. The normalized spacial score (nSPS) is 11.9. The Bertz CT molecular complexity index is 886. The van der Waals surface area contributed by atoms with Gasteiger partial charge in [-0.25, -0.2) is 0 Å². The molecular formula is C24H29IN4O. The van der Waals surface area contributed by atoms with Gasteiger partial charge in [0.25, 0.3) is 0 Å². The minimum absolute atomic E-state index is 0. The number of hydrogen-bond donors (Lipinski definition) is 2. The molecule has 0 fully saturated rings. The predicted molar refractivity (Wildman–Crippen MR) is 133 cm³/mol. The Kier molecular flexibility index (Phi) is 10.1. The summed E-state index contributed by atoms with van der Waals surface area (Å²) in [5, 5.41) is 6.75. The van der Waals surface area contributed by atoms with Crippen LogP contribution in [0.1, 0.15) is 29.7 Å². The summed E-state index contributed by atoms with van der Waals surface area (Å²) in [5.74, 6) is 2.03. The summed E-state index contributed by atoms with van der Waals surface area (Å²) in [5.41, 5.74) is 3.39. The number of benzene rings is 2. The van der Waals surface area contributed by atoms with Crippen molar-refractivity contribution >= 4 is 29.9 Å². The van der Waals surface area contributed by atoms with Crippen molar-refractivity contribution in [2.24, 2.45) is 4.99 Å². The molecule has 1 heterocycles. The van der Waals surface area contributed by atoms with Crippen LogP contribution in [0.15, 0.2) is 84.0 Å². The van der Waals surface area contributed by atoms with Gasteiger partial charge in [0.2, 0.25) is 0 Å². The van der Waals surface area contributed by atoms with Gasteiger partial charge in [0.05, 0.1) is 5.69 Å². The van der Waals surface area contributed by atoms with Gasteiger partial charge >= 0.3 is 0 Å². The third kappa shape index (κ3) is 7.67. The average molecular weight is 516 g/mol. The molecule has 2 aromatic carbocycles. The number of halogens is 1. The van der Waals surface area contributed by atoms with Crippen LogP contribution in [0.25, 0.3) is 0 Å². The summed E-state index contributed by atoms with van der Waals surface area (Å²) in [7, 11) is 1.79. The molecule has 1 unspecified atom stereocenters. The van der Waals surface area contributed by atoms with Crippen LogP contribution in [0.3, 0.4) is 0 Å². The maximum absolute atomic E-state index is 5.78. The number of pyridine rings is 1. The van der Waals surface area contributed by atoms with Crippen molar-refractivity contribution in [1.29, 1.82) is 0 Å². The monoisotopic (exact) mass is 516 g/mol. The first kappa shape index (κ1) is 23.7. The van der Waals surface area contributed by atoms with E-state index >= 15 is 0 Å². The molecule has 1 aromatic heterocycles. The molecule has 0 aliphatic heterocycles. The topological polar surface area (TPSA) is 58.5 Å². The zero-order valence-corrected chi connectivity index (χ0v) is 19.7. The highest BCUT2D eigenvalue weighted by atomic mass is 127. The van der Waals surface area contributed by atoms with Crippen LogP contribution in [-0.4, -0.2) is 24.5 Å². The molecule has 158 valence electrons. The molecule has 0 saturated carbocycles. The van der Waals surface area contributed by atoms with Gasteiger partial charge in [-0.3, -0.25) is 9.98 Å². The predicted octanol–water partition coefficient (Wildman–Crippen LogP) is 4.75. The minimum Gasteiger partial charge on any atom is -0.487 e. The molecule has 30 heavy (non-hydrogen) atoms. The van der Waals surface area contributed by atoms with Gasteiger partial charge in [-0.05, 0) is 41.3 Å². The zero-order valence-electron chi connectivity index (χ0n) is 17.4. The van der Waals surface area contributed by atoms with E-state index in [9.17, 15) is 0 Å². The van der Waals surface area contributed by atoms with Crippen molar-refractivity contribution < 1.29 is 4.74 Å². The Hall–Kier alpha value is -2.61. The number of hydrogen-bond acceptors (Lipinski definition) is 3. The third-order valence-electron chi connectivity index (χ3n) is 4.66. The van der Waals surface area contributed by atoms with E-state index in [0.717, 1.165) is 29.5 Å². The first-order valence-corrected chi connectivity index (χ1v) is 9.85. The molecule has 1 atom stereocenters. The molecule has 0 spiro atoms. The van der Waals surface area contributed by atoms with E-state index in [-0.39, 0.29) is 24.0 Å². The molecule has 0 amide bonds. The summed E-state index contributed by atoms with van der Waals surface area (Å²) in [6.45, 7) is 4.19. The van der Waals surface area contributed by atoms with Crippen LogP contribution in [0, 0.1) is 0 Å². The van der Waals surface area contributed by atoms with E-state index in [1.54, 1.807) is 13.2 Å². The van der Waals surface area contributed by atoms with Crippen molar-refractivity contribution in [2.45, 2.75) is 26.0 Å². The smallest absolute Gasteiger partial charge is 0.191 e. The van der Waals surface area contributed by atoms with E-state index in [1.165, 1.54) is 5.56 Å². The van der Waals surface area contributed by atoms with Gasteiger partial charge in [0, 0.05) is 26.3 Å². The second kappa shape index (κ2) is 12.8. The van der Waals surface area contributed by atoms with Crippen molar-refractivity contribution in [3.8, 4) is 5.75 Å². The van der Waals surface area contributed by atoms with Crippen LogP contribution >= 0.6 is 24.0 Å². The Morgan fingerprint density at radius 3 is 2.37 bits per heavy atom. The van der Waals surface area contributed by atoms with Crippen LogP contribution in [0.4, 0.5) is 0 Å². The minimum atomic E-state index is 0. The maximum atomic E-state index is 5.78. The number of aromatic nitrogens is 1. The van der Waals surface area contributed by atoms with E-state index in [1.807, 2.05) is 36.4 Å². The number of guanidine groups is 1. The lowest BCUT2D eigenvalue weighted by Crippen LogP contribution is -2.38. The number of ether oxygens (including phenoxy) is 1. The van der Waals surface area contributed by atoms with E-state index < -0.39 is 0 Å². The molecule has 5 nitrogen and oxygen atoms in total. The fourth-order valence-corrected chi connectivity index (χ4v) is 2.90. The zero-order chi connectivity index (χ0) is 20.3. The lowest BCUT2D eigenvalue weighted by Gasteiger charge is -2.16. The van der Waals surface area contributed by atoms with Crippen molar-refractivity contribution in [3.05, 3.63) is 95.8 Å². The van der Waals surface area contributed by atoms with E-state index in [2.05, 4.69) is 63.9 Å². The van der Waals surface area contributed by atoms with Crippen LogP contribution in [0.2, 0.25) is 0 Å². The molecule has 0 saturated heterocycles. The van der Waals surface area contributed by atoms with Gasteiger partial charge < -0.3 is 15.4 Å². The molecule has 0 aliphatic rings. The molecule has 6 heteroatoms. The third-order valence-corrected chi connectivity index (χ3v) is 4.66. The molecule has 0 aliphatic carbocycles. The van der Waals surface area contributed by atoms with Gasteiger partial charge in [-0.2, -0.15) is 0 Å². The second-order valence-corrected chi connectivity index (χ2v) is 6.87. The Morgan fingerprint density at radius 1 is 0.967 bits per heavy atom. The SMILES string of the molecule is CN=C(NCc1ccc(OCc2ccccn2)cc1)NCC(C)c1ccccc1.I. The highest BCUT2D eigenvalue weighted by Crippen LogP contribution is 2.14. The largest absolute Gasteiger partial charge is 0.487 e. The van der Waals surface area contributed by atoms with Crippen LogP contribution in [-0.2, 0) is 13.2 Å². The van der Waals surface area contributed by atoms with Gasteiger partial charge in [0.1, 0.15) is 12.4 Å². The fraction of sp³-hybridized carbons (Fsp3) is 0.250. The van der Waals surface area contributed by atoms with Gasteiger partial charge in [-0.15, -0.1) is 24.0 Å². The van der Waals surface area contributed by atoms with E-state index in [4.69, 9.17) is 4.74 Å². The molecule has 3 aromatic rings. The molecule has 0 radical (unpaired) electrons. The Labute approximate surface area is 196 Å². The van der Waals surface area contributed by atoms with Gasteiger partial charge in [-0.1, -0.05) is 55.5 Å². The standard InChI is InChI=1S/C24H28N4O.HI/c1-19(21-8-4-3-5-9-21)16-27-24(25-2)28-17-20-11-13-23(14-12-20)29-18-22-10-6-7-15-26-22;/h3-15,19H,16-18H2,1-2H3,(H2,25,27,28);1H. The number of rotatable bonds is 8. The second-order valence-electron chi connectivity index (χ2n) is 6.87. The molecule has 3 rings (SSSR count). The summed E-state index contributed by atoms with van der Waals surface area (Å²) in [6.07, 6.45) is 1.77. The quantitative estimate of drug-likeness (QED) is 0.258. The van der Waals surface area contributed by atoms with Gasteiger partial charge in [0.15, 0.2) is 5.96 Å². The Morgan fingerprint density at radius 2 is 1.70 bits per heavy atom. The first-order chi connectivity index (χ1) is 14.2. The number of nitrogens with one attached hydrogen (secondary N) is 2. The highest BCUT2D eigenvalue weighted by Gasteiger charge is 2.06. The lowest BCUT2D eigenvalue weighted by molar-refractivity contribution is 0.301. The highest BCUT2D eigenvalue weighted by molar-refractivity contribution is 14.0. The lowest BCUT2D eigenvalue weighted by atomic mass is 10.0. The van der Waals surface area contributed by atoms with Crippen molar-refractivity contribution in [2.75, 3.05) is 13.6 Å². The summed E-state index contributed by atoms with van der Waals surface area (Å²) < 4.78 is 5.78. The summed E-state index contributed by atoms with van der Waals surface area (Å²) in [4.78, 5) is 8.58. The molecular weight excluding hydrogens is 487 g/mol. The molecule has 0 bridgehead atoms. The fourth-order valence-electron chi connectivity index (χ4n) is 2.90. The van der Waals surface area contributed by atoms with Crippen molar-refractivity contribution in [3.63, 3.8) is 0 Å². The molecule has 2 N–H and O–H groups in total. The first-order valence-electron chi connectivity index (χ1n) is 9.85. The average Bonchev–Trinajstić information content (AvgIpc) is 2.79. The van der Waals surface area contributed by atoms with Crippen LogP contribution in [0.5, 0.6) is 5.75 Å². The van der Waals surface area contributed by atoms with Crippen molar-refractivity contribution in [1.82, 2.24) is 15.6 Å². The van der Waals surface area contributed by atoms with E-state index in [0.29, 0.717) is 19.1 Å². The maximum Gasteiger partial charge on any atom is 0.191 e. The Balaban J connectivity index is 0.00000320. The summed E-state index contributed by atoms with van der Waals surface area (Å²) >= 11 is 0. The summed E-state index contributed by atoms with van der Waals surface area (Å²) in [6, 6.07) is 24.4. The number of nitrogens with zero attached hydrogens (tertiary/aromatic N) is 2.